The number of rotatable bonds is 9. The molecule has 0 bridgehead atoms. The van der Waals surface area contributed by atoms with E-state index in [0.717, 1.165) is 19.3 Å². The van der Waals surface area contributed by atoms with Gasteiger partial charge in [0, 0.05) is 5.56 Å². The van der Waals surface area contributed by atoms with E-state index in [1.165, 1.54) is 11.6 Å². The third-order valence-electron chi connectivity index (χ3n) is 4.20. The summed E-state index contributed by atoms with van der Waals surface area (Å²) >= 11 is 0. The lowest BCUT2D eigenvalue weighted by atomic mass is 10.0. The minimum Gasteiger partial charge on any atom is -0.497 e. The van der Waals surface area contributed by atoms with Crippen LogP contribution in [0.4, 0.5) is 0 Å². The van der Waals surface area contributed by atoms with Crippen LogP contribution in [-0.2, 0) is 16.0 Å². The van der Waals surface area contributed by atoms with Gasteiger partial charge in [-0.25, -0.2) is 4.79 Å². The number of hydrogen-bond donors (Lipinski definition) is 0. The van der Waals surface area contributed by atoms with Crippen LogP contribution in [0.1, 0.15) is 41.3 Å². The second-order valence-electron chi connectivity index (χ2n) is 6.24. The Kier molecular flexibility index (Phi) is 7.98. The molecule has 0 heterocycles. The molecule has 0 saturated heterocycles. The first-order valence-electron chi connectivity index (χ1n) is 9.12. The van der Waals surface area contributed by atoms with E-state index in [1.807, 2.05) is 18.2 Å². The van der Waals surface area contributed by atoms with E-state index in [-0.39, 0.29) is 11.4 Å². The summed E-state index contributed by atoms with van der Waals surface area (Å²) in [4.78, 5) is 24.3. The van der Waals surface area contributed by atoms with Crippen molar-refractivity contribution in [2.75, 3.05) is 13.7 Å². The molecule has 0 radical (unpaired) electrons. The van der Waals surface area contributed by atoms with Crippen molar-refractivity contribution < 1.29 is 19.1 Å². The molecule has 0 saturated carbocycles. The van der Waals surface area contributed by atoms with Gasteiger partial charge < -0.3 is 9.47 Å². The summed E-state index contributed by atoms with van der Waals surface area (Å²) in [6.07, 6.45) is 4.60. The summed E-state index contributed by atoms with van der Waals surface area (Å²) in [5.41, 5.74) is 2.13. The van der Waals surface area contributed by atoms with Crippen molar-refractivity contribution >= 4 is 17.8 Å². The summed E-state index contributed by atoms with van der Waals surface area (Å²) in [5.74, 6) is -0.465. The maximum Gasteiger partial charge on any atom is 0.349 e. The van der Waals surface area contributed by atoms with Gasteiger partial charge in [-0.3, -0.25) is 4.79 Å². The number of Topliss-reactive ketones (excluding diaryl/α,β-unsaturated/α-hetero) is 1. The fraction of sp³-hybridized carbons (Fsp3) is 0.261. The van der Waals surface area contributed by atoms with Crippen molar-refractivity contribution in [1.29, 1.82) is 5.26 Å². The monoisotopic (exact) mass is 377 g/mol. The standard InChI is InChI=1S/C23H23NO4/c1-3-4-5-17-6-10-19(11-7-17)22(25)16-28-23(26)20(15-24)14-18-8-12-21(27-2)13-9-18/h6-14H,3-5,16H2,1-2H3/b20-14+. The zero-order chi connectivity index (χ0) is 20.4. The largest absolute Gasteiger partial charge is 0.497 e. The van der Waals surface area contributed by atoms with Gasteiger partial charge in [0.05, 0.1) is 7.11 Å². The first-order chi connectivity index (χ1) is 13.6. The molecule has 0 atom stereocenters. The van der Waals surface area contributed by atoms with Crippen molar-refractivity contribution in [3.63, 3.8) is 0 Å². The molecule has 0 aliphatic heterocycles. The van der Waals surface area contributed by atoms with Crippen molar-refractivity contribution in [2.45, 2.75) is 26.2 Å². The fourth-order valence-electron chi connectivity index (χ4n) is 2.53. The highest BCUT2D eigenvalue weighted by Crippen LogP contribution is 2.15. The lowest BCUT2D eigenvalue weighted by Gasteiger charge is -2.05. The van der Waals surface area contributed by atoms with E-state index in [0.29, 0.717) is 16.9 Å². The second kappa shape index (κ2) is 10.7. The molecule has 5 heteroatoms. The molecule has 2 aromatic carbocycles. The lowest BCUT2D eigenvalue weighted by Crippen LogP contribution is -2.15. The number of esters is 1. The van der Waals surface area contributed by atoms with Gasteiger partial charge in [-0.1, -0.05) is 49.7 Å². The van der Waals surface area contributed by atoms with Crippen molar-refractivity contribution in [1.82, 2.24) is 0 Å². The van der Waals surface area contributed by atoms with Crippen LogP contribution >= 0.6 is 0 Å². The third-order valence-corrected chi connectivity index (χ3v) is 4.20. The van der Waals surface area contributed by atoms with Crippen molar-refractivity contribution in [2.24, 2.45) is 0 Å². The molecule has 0 fully saturated rings. The summed E-state index contributed by atoms with van der Waals surface area (Å²) in [6.45, 7) is 1.72. The lowest BCUT2D eigenvalue weighted by molar-refractivity contribution is -0.137. The third kappa shape index (κ3) is 6.10. The van der Waals surface area contributed by atoms with E-state index in [2.05, 4.69) is 6.92 Å². The van der Waals surface area contributed by atoms with Crippen LogP contribution in [0.15, 0.2) is 54.1 Å². The Morgan fingerprint density at radius 1 is 1.07 bits per heavy atom. The van der Waals surface area contributed by atoms with Crippen LogP contribution in [0, 0.1) is 11.3 Å². The average Bonchev–Trinajstić information content (AvgIpc) is 2.74. The van der Waals surface area contributed by atoms with Crippen LogP contribution in [0.25, 0.3) is 6.08 Å². The second-order valence-corrected chi connectivity index (χ2v) is 6.24. The van der Waals surface area contributed by atoms with E-state index in [1.54, 1.807) is 43.5 Å². The summed E-state index contributed by atoms with van der Waals surface area (Å²) in [5, 5.41) is 9.21. The Hall–Kier alpha value is -3.39. The van der Waals surface area contributed by atoms with Crippen molar-refractivity contribution in [3.8, 4) is 11.8 Å². The molecule has 0 spiro atoms. The molecule has 0 unspecified atom stereocenters. The van der Waals surface area contributed by atoms with Crippen LogP contribution in [-0.4, -0.2) is 25.5 Å². The highest BCUT2D eigenvalue weighted by molar-refractivity contribution is 6.01. The fourth-order valence-corrected chi connectivity index (χ4v) is 2.53. The zero-order valence-electron chi connectivity index (χ0n) is 16.1. The topological polar surface area (TPSA) is 76.4 Å². The number of unbranched alkanes of at least 4 members (excludes halogenated alkanes) is 1. The average molecular weight is 377 g/mol. The summed E-state index contributed by atoms with van der Waals surface area (Å²) in [6, 6.07) is 16.0. The van der Waals surface area contributed by atoms with Gasteiger partial charge in [-0.05, 0) is 42.2 Å². The van der Waals surface area contributed by atoms with Gasteiger partial charge in [0.2, 0.25) is 0 Å². The maximum atomic E-state index is 12.2. The number of carbonyl (C=O) groups excluding carboxylic acids is 2. The summed E-state index contributed by atoms with van der Waals surface area (Å²) in [7, 11) is 1.55. The highest BCUT2D eigenvalue weighted by atomic mass is 16.5. The molecular formula is C23H23NO4. The molecule has 2 rings (SSSR count). The Balaban J connectivity index is 1.96. The molecule has 2 aromatic rings. The van der Waals surface area contributed by atoms with Crippen LogP contribution < -0.4 is 4.74 Å². The minimum absolute atomic E-state index is 0.173. The van der Waals surface area contributed by atoms with Gasteiger partial charge in [0.25, 0.3) is 0 Å². The Labute approximate surface area is 165 Å². The van der Waals surface area contributed by atoms with Gasteiger partial charge >= 0.3 is 5.97 Å². The molecule has 5 nitrogen and oxygen atoms in total. The van der Waals surface area contributed by atoms with Gasteiger partial charge in [0.15, 0.2) is 12.4 Å². The first kappa shape index (κ1) is 20.9. The number of carbonyl (C=O) groups is 2. The number of hydrogen-bond acceptors (Lipinski definition) is 5. The number of methoxy groups -OCH3 is 1. The van der Waals surface area contributed by atoms with Crippen LogP contribution in [0.5, 0.6) is 5.75 Å². The van der Waals surface area contributed by atoms with Crippen molar-refractivity contribution in [3.05, 3.63) is 70.8 Å². The minimum atomic E-state index is -0.828. The Morgan fingerprint density at radius 2 is 1.75 bits per heavy atom. The predicted octanol–water partition coefficient (Wildman–Crippen LogP) is 4.37. The number of nitrogens with zero attached hydrogens (tertiary/aromatic N) is 1. The molecule has 28 heavy (non-hydrogen) atoms. The van der Waals surface area contributed by atoms with Crippen LogP contribution in [0.2, 0.25) is 0 Å². The van der Waals surface area contributed by atoms with Crippen LogP contribution in [0.3, 0.4) is 0 Å². The SMILES string of the molecule is CCCCc1ccc(C(=O)COC(=O)/C(C#N)=C/c2ccc(OC)cc2)cc1. The summed E-state index contributed by atoms with van der Waals surface area (Å²) < 4.78 is 10.1. The highest BCUT2D eigenvalue weighted by Gasteiger charge is 2.14. The maximum absolute atomic E-state index is 12.2. The molecule has 0 aliphatic carbocycles. The quantitative estimate of drug-likeness (QED) is 0.281. The zero-order valence-corrected chi connectivity index (χ0v) is 16.1. The number of ether oxygens (including phenoxy) is 2. The molecule has 0 amide bonds. The Morgan fingerprint density at radius 3 is 2.32 bits per heavy atom. The van der Waals surface area contributed by atoms with E-state index >= 15 is 0 Å². The van der Waals surface area contributed by atoms with Gasteiger partial charge in [-0.15, -0.1) is 0 Å². The van der Waals surface area contributed by atoms with Gasteiger partial charge in [0.1, 0.15) is 17.4 Å². The number of aryl methyl sites for hydroxylation is 1. The number of nitriles is 1. The van der Waals surface area contributed by atoms with E-state index in [9.17, 15) is 14.9 Å². The molecule has 0 N–H and O–H groups in total. The Bertz CT molecular complexity index is 874. The molecule has 144 valence electrons. The molecule has 0 aliphatic rings. The number of ketones is 1. The van der Waals surface area contributed by atoms with Gasteiger partial charge in [-0.2, -0.15) is 5.26 Å². The smallest absolute Gasteiger partial charge is 0.349 e. The molecular weight excluding hydrogens is 354 g/mol. The number of benzene rings is 2. The first-order valence-corrected chi connectivity index (χ1v) is 9.12. The predicted molar refractivity (Wildman–Crippen MR) is 107 cm³/mol. The van der Waals surface area contributed by atoms with E-state index < -0.39 is 12.6 Å². The van der Waals surface area contributed by atoms with E-state index in [4.69, 9.17) is 9.47 Å². The molecule has 0 aromatic heterocycles. The normalized spacial score (nSPS) is 10.8.